The molecule has 8 heteroatoms. The zero-order valence-electron chi connectivity index (χ0n) is 16.7. The predicted octanol–water partition coefficient (Wildman–Crippen LogP) is 4.14. The second-order valence-electron chi connectivity index (χ2n) is 7.30. The van der Waals surface area contributed by atoms with Crippen LogP contribution in [-0.2, 0) is 14.8 Å². The van der Waals surface area contributed by atoms with Gasteiger partial charge in [-0.05, 0) is 37.3 Å². The first-order valence-corrected chi connectivity index (χ1v) is 11.6. The third kappa shape index (κ3) is 3.38. The van der Waals surface area contributed by atoms with Crippen LogP contribution in [0.1, 0.15) is 6.92 Å². The average Bonchev–Trinajstić information content (AvgIpc) is 3.16. The van der Waals surface area contributed by atoms with Gasteiger partial charge in [0, 0.05) is 22.5 Å². The molecule has 0 saturated heterocycles. The second-order valence-corrected chi connectivity index (χ2v) is 9.49. The highest BCUT2D eigenvalue weighted by Gasteiger charge is 2.36. The monoisotopic (exact) mass is 436 g/mol. The highest BCUT2D eigenvalue weighted by Crippen LogP contribution is 2.35. The van der Waals surface area contributed by atoms with E-state index in [2.05, 4.69) is 5.32 Å². The molecule has 0 radical (unpaired) electrons. The number of carbonyl (C=O) groups excluding carboxylic acids is 1. The number of hydrogen-bond donors (Lipinski definition) is 1. The summed E-state index contributed by atoms with van der Waals surface area (Å²) in [5.74, 6) is -0.141. The number of para-hydroxylation sites is 3. The van der Waals surface area contributed by atoms with Gasteiger partial charge in [0.05, 0.1) is 18.0 Å². The number of rotatable bonds is 4. The molecule has 1 aliphatic rings. The zero-order valence-corrected chi connectivity index (χ0v) is 17.6. The van der Waals surface area contributed by atoms with E-state index in [0.29, 0.717) is 22.7 Å². The first-order chi connectivity index (χ1) is 15.0. The molecular weight excluding hydrogens is 416 g/mol. The van der Waals surface area contributed by atoms with Crippen LogP contribution in [0, 0.1) is 0 Å². The molecule has 0 spiro atoms. The quantitative estimate of drug-likeness (QED) is 0.519. The highest BCUT2D eigenvalue weighted by molar-refractivity contribution is 7.92. The van der Waals surface area contributed by atoms with E-state index in [1.807, 2.05) is 30.3 Å². The maximum atomic E-state index is 13.0. The van der Waals surface area contributed by atoms with Crippen LogP contribution in [0.2, 0.25) is 0 Å². The Labute approximate surface area is 179 Å². The summed E-state index contributed by atoms with van der Waals surface area (Å²) in [5, 5.41) is 4.78. The van der Waals surface area contributed by atoms with Crippen molar-refractivity contribution in [2.45, 2.75) is 13.0 Å². The summed E-state index contributed by atoms with van der Waals surface area (Å²) >= 11 is 0. The summed E-state index contributed by atoms with van der Waals surface area (Å²) in [6, 6.07) is 20.0. The number of fused-ring (bicyclic) bond motifs is 4. The number of anilines is 2. The summed E-state index contributed by atoms with van der Waals surface area (Å²) < 4.78 is 38.2. The Kier molecular flexibility index (Phi) is 4.59. The number of furan rings is 1. The average molecular weight is 436 g/mol. The lowest BCUT2D eigenvalue weighted by molar-refractivity contribution is -0.122. The van der Waals surface area contributed by atoms with Gasteiger partial charge in [-0.3, -0.25) is 9.10 Å². The molecule has 1 N–H and O–H groups in total. The van der Waals surface area contributed by atoms with Crippen molar-refractivity contribution in [1.82, 2.24) is 0 Å². The van der Waals surface area contributed by atoms with Crippen molar-refractivity contribution in [1.29, 1.82) is 0 Å². The second kappa shape index (κ2) is 7.31. The molecule has 0 saturated carbocycles. The summed E-state index contributed by atoms with van der Waals surface area (Å²) in [6.07, 6.45) is -0.984. The topological polar surface area (TPSA) is 88.9 Å². The molecule has 158 valence electrons. The SMILES string of the molecule is CCS(=O)(=O)N1CC(C(=O)Nc2ccc3c(c2)oc2ccccc23)Oc2ccccc21. The van der Waals surface area contributed by atoms with Crippen LogP contribution in [-0.4, -0.2) is 32.7 Å². The number of sulfonamides is 1. The number of amides is 1. The van der Waals surface area contributed by atoms with E-state index in [0.717, 1.165) is 16.4 Å². The fourth-order valence-corrected chi connectivity index (χ4v) is 4.91. The first kappa shape index (κ1) is 19.4. The van der Waals surface area contributed by atoms with E-state index in [-0.39, 0.29) is 12.3 Å². The van der Waals surface area contributed by atoms with Crippen LogP contribution >= 0.6 is 0 Å². The number of nitrogens with one attached hydrogen (secondary N) is 1. The van der Waals surface area contributed by atoms with Crippen molar-refractivity contribution in [3.8, 4) is 5.75 Å². The minimum atomic E-state index is -3.56. The van der Waals surface area contributed by atoms with Crippen molar-refractivity contribution >= 4 is 49.2 Å². The fourth-order valence-electron chi connectivity index (χ4n) is 3.78. The third-order valence-corrected chi connectivity index (χ3v) is 7.12. The van der Waals surface area contributed by atoms with Crippen molar-refractivity contribution in [3.05, 3.63) is 66.7 Å². The standard InChI is InChI=1S/C23H20N2O5S/c1-2-31(27,28)25-14-22(30-20-10-6-4-8-18(20)25)23(26)24-15-11-12-17-16-7-3-5-9-19(16)29-21(17)13-15/h3-13,22H,2,14H2,1H3,(H,24,26). The minimum Gasteiger partial charge on any atom is -0.476 e. The molecule has 1 unspecified atom stereocenters. The summed E-state index contributed by atoms with van der Waals surface area (Å²) in [7, 11) is -3.56. The molecule has 1 aliphatic heterocycles. The molecule has 0 fully saturated rings. The van der Waals surface area contributed by atoms with Crippen molar-refractivity contribution in [2.24, 2.45) is 0 Å². The molecule has 31 heavy (non-hydrogen) atoms. The van der Waals surface area contributed by atoms with E-state index < -0.39 is 22.0 Å². The van der Waals surface area contributed by atoms with Crippen LogP contribution in [0.15, 0.2) is 71.1 Å². The Bertz CT molecular complexity index is 1410. The molecule has 1 atom stereocenters. The van der Waals surface area contributed by atoms with Gasteiger partial charge in [-0.2, -0.15) is 0 Å². The van der Waals surface area contributed by atoms with E-state index in [9.17, 15) is 13.2 Å². The molecule has 4 aromatic rings. The Hall–Kier alpha value is -3.52. The van der Waals surface area contributed by atoms with Gasteiger partial charge in [0.1, 0.15) is 16.9 Å². The van der Waals surface area contributed by atoms with Crippen molar-refractivity contribution in [2.75, 3.05) is 21.9 Å². The third-order valence-electron chi connectivity index (χ3n) is 5.37. The van der Waals surface area contributed by atoms with Crippen molar-refractivity contribution < 1.29 is 22.4 Å². The van der Waals surface area contributed by atoms with Gasteiger partial charge < -0.3 is 14.5 Å². The zero-order chi connectivity index (χ0) is 21.6. The fraction of sp³-hybridized carbons (Fsp3) is 0.174. The van der Waals surface area contributed by atoms with E-state index >= 15 is 0 Å². The molecular formula is C23H20N2O5S. The lowest BCUT2D eigenvalue weighted by Gasteiger charge is -2.34. The van der Waals surface area contributed by atoms with Gasteiger partial charge in [0.2, 0.25) is 10.0 Å². The Morgan fingerprint density at radius 3 is 2.61 bits per heavy atom. The van der Waals surface area contributed by atoms with Crippen LogP contribution < -0.4 is 14.4 Å². The van der Waals surface area contributed by atoms with Gasteiger partial charge in [-0.1, -0.05) is 30.3 Å². The molecule has 7 nitrogen and oxygen atoms in total. The van der Waals surface area contributed by atoms with Crippen LogP contribution in [0.5, 0.6) is 5.75 Å². The minimum absolute atomic E-state index is 0.0710. The lowest BCUT2D eigenvalue weighted by Crippen LogP contribution is -2.49. The normalized spacial score (nSPS) is 16.2. The maximum absolute atomic E-state index is 13.0. The summed E-state index contributed by atoms with van der Waals surface area (Å²) in [4.78, 5) is 13.0. The summed E-state index contributed by atoms with van der Waals surface area (Å²) in [5.41, 5.74) is 2.42. The smallest absolute Gasteiger partial charge is 0.267 e. The van der Waals surface area contributed by atoms with Crippen LogP contribution in [0.4, 0.5) is 11.4 Å². The molecule has 0 aliphatic carbocycles. The van der Waals surface area contributed by atoms with E-state index in [1.165, 1.54) is 4.31 Å². The number of ether oxygens (including phenoxy) is 1. The van der Waals surface area contributed by atoms with E-state index in [1.54, 1.807) is 43.3 Å². The molecule has 1 aromatic heterocycles. The van der Waals surface area contributed by atoms with Gasteiger partial charge in [-0.15, -0.1) is 0 Å². The number of hydrogen-bond acceptors (Lipinski definition) is 5. The Morgan fingerprint density at radius 2 is 1.77 bits per heavy atom. The van der Waals surface area contributed by atoms with E-state index in [4.69, 9.17) is 9.15 Å². The molecule has 0 bridgehead atoms. The lowest BCUT2D eigenvalue weighted by atomic mass is 10.1. The maximum Gasteiger partial charge on any atom is 0.267 e. The van der Waals surface area contributed by atoms with Gasteiger partial charge in [0.15, 0.2) is 6.10 Å². The highest BCUT2D eigenvalue weighted by atomic mass is 32.2. The van der Waals surface area contributed by atoms with Gasteiger partial charge in [-0.25, -0.2) is 8.42 Å². The van der Waals surface area contributed by atoms with Crippen LogP contribution in [0.25, 0.3) is 21.9 Å². The van der Waals surface area contributed by atoms with Crippen LogP contribution in [0.3, 0.4) is 0 Å². The Balaban J connectivity index is 1.43. The number of carbonyl (C=O) groups is 1. The number of nitrogens with zero attached hydrogens (tertiary/aromatic N) is 1. The largest absolute Gasteiger partial charge is 0.476 e. The molecule has 2 heterocycles. The number of benzene rings is 3. The molecule has 3 aromatic carbocycles. The predicted molar refractivity (Wildman–Crippen MR) is 120 cm³/mol. The van der Waals surface area contributed by atoms with Crippen molar-refractivity contribution in [3.63, 3.8) is 0 Å². The molecule has 1 amide bonds. The first-order valence-electron chi connectivity index (χ1n) is 9.94. The Morgan fingerprint density at radius 1 is 1.03 bits per heavy atom. The van der Waals surface area contributed by atoms with Gasteiger partial charge in [0.25, 0.3) is 5.91 Å². The summed E-state index contributed by atoms with van der Waals surface area (Å²) in [6.45, 7) is 1.48. The molecule has 5 rings (SSSR count). The van der Waals surface area contributed by atoms with Gasteiger partial charge >= 0.3 is 0 Å².